The average molecular weight is 333 g/mol. The van der Waals surface area contributed by atoms with E-state index in [1.165, 1.54) is 0 Å². The van der Waals surface area contributed by atoms with E-state index >= 15 is 0 Å². The van der Waals surface area contributed by atoms with E-state index in [2.05, 4.69) is 48.3 Å². The molecule has 0 bridgehead atoms. The Morgan fingerprint density at radius 1 is 1.20 bits per heavy atom. The molecule has 3 aromatic rings. The summed E-state index contributed by atoms with van der Waals surface area (Å²) in [6.07, 6.45) is 0. The molecule has 0 saturated carbocycles. The minimum atomic E-state index is 0.367. The van der Waals surface area contributed by atoms with Crippen LogP contribution >= 0.6 is 15.9 Å². The topological polar surface area (TPSA) is 81.6 Å². The van der Waals surface area contributed by atoms with Crippen LogP contribution in [-0.2, 0) is 6.54 Å². The highest BCUT2D eigenvalue weighted by molar-refractivity contribution is 9.10. The highest BCUT2D eigenvalue weighted by atomic mass is 79.9. The molecule has 0 unspecified atom stereocenters. The van der Waals surface area contributed by atoms with Crippen molar-refractivity contribution in [2.45, 2.75) is 6.54 Å². The number of hydrogen-bond acceptors (Lipinski definition) is 5. The number of aromatic nitrogens is 4. The molecule has 1 aromatic carbocycles. The molecule has 0 aliphatic heterocycles. The fourth-order valence-corrected chi connectivity index (χ4v) is 2.48. The zero-order valence-corrected chi connectivity index (χ0v) is 12.4. The van der Waals surface area contributed by atoms with Gasteiger partial charge in [-0.25, -0.2) is 4.98 Å². The summed E-state index contributed by atoms with van der Waals surface area (Å²) in [6.45, 7) is 0.664. The summed E-state index contributed by atoms with van der Waals surface area (Å²) in [4.78, 5) is 13.0. The molecule has 0 fully saturated rings. The maximum Gasteiger partial charge on any atom is 0.226 e. The van der Waals surface area contributed by atoms with Crippen molar-refractivity contribution in [2.75, 3.05) is 18.1 Å². The average Bonchev–Trinajstić information content (AvgIpc) is 2.77. The van der Waals surface area contributed by atoms with Crippen molar-refractivity contribution in [1.29, 1.82) is 0 Å². The van der Waals surface area contributed by atoms with Crippen LogP contribution in [0.3, 0.4) is 0 Å². The lowest BCUT2D eigenvalue weighted by atomic mass is 10.2. The summed E-state index contributed by atoms with van der Waals surface area (Å²) in [7, 11) is 1.76. The molecule has 2 aromatic heterocycles. The van der Waals surface area contributed by atoms with Crippen LogP contribution in [0.5, 0.6) is 0 Å². The van der Waals surface area contributed by atoms with Crippen LogP contribution in [-0.4, -0.2) is 26.6 Å². The van der Waals surface area contributed by atoms with Gasteiger partial charge >= 0.3 is 0 Å². The summed E-state index contributed by atoms with van der Waals surface area (Å²) < 4.78 is 2.65. The van der Waals surface area contributed by atoms with Crippen molar-refractivity contribution in [3.63, 3.8) is 0 Å². The molecule has 0 spiro atoms. The maximum absolute atomic E-state index is 5.92. The quantitative estimate of drug-likeness (QED) is 0.719. The molecule has 0 radical (unpaired) electrons. The van der Waals surface area contributed by atoms with Crippen LogP contribution in [0.4, 0.5) is 11.8 Å². The van der Waals surface area contributed by atoms with Crippen LogP contribution in [0.1, 0.15) is 5.56 Å². The Bertz CT molecular complexity index is 752. The molecule has 2 heterocycles. The molecule has 3 N–H and O–H groups in total. The van der Waals surface area contributed by atoms with Crippen LogP contribution in [0, 0.1) is 0 Å². The fourth-order valence-electron chi connectivity index (χ4n) is 2.01. The van der Waals surface area contributed by atoms with Crippen molar-refractivity contribution in [1.82, 2.24) is 19.5 Å². The summed E-state index contributed by atoms with van der Waals surface area (Å²) in [5.41, 5.74) is 8.39. The lowest BCUT2D eigenvalue weighted by Crippen LogP contribution is -2.05. The van der Waals surface area contributed by atoms with E-state index in [0.29, 0.717) is 34.2 Å². The van der Waals surface area contributed by atoms with Gasteiger partial charge in [0.2, 0.25) is 5.95 Å². The number of halogens is 1. The highest BCUT2D eigenvalue weighted by Crippen LogP contribution is 2.24. The zero-order valence-electron chi connectivity index (χ0n) is 10.8. The Kier molecular flexibility index (Phi) is 3.27. The van der Waals surface area contributed by atoms with Crippen LogP contribution in [0.25, 0.3) is 11.2 Å². The van der Waals surface area contributed by atoms with Gasteiger partial charge in [0, 0.05) is 7.05 Å². The first-order chi connectivity index (χ1) is 9.69. The fraction of sp³-hybridized carbons (Fsp3) is 0.154. The van der Waals surface area contributed by atoms with Crippen molar-refractivity contribution < 1.29 is 0 Å². The largest absolute Gasteiger partial charge is 0.382 e. The number of nitrogens with two attached hydrogens (primary N) is 1. The third-order valence-corrected chi connectivity index (χ3v) is 3.59. The van der Waals surface area contributed by atoms with E-state index in [1.807, 2.05) is 22.8 Å². The lowest BCUT2D eigenvalue weighted by molar-refractivity contribution is 0.791. The third-order valence-electron chi connectivity index (χ3n) is 2.98. The van der Waals surface area contributed by atoms with Gasteiger partial charge in [-0.05, 0) is 21.5 Å². The normalized spacial score (nSPS) is 10.9. The van der Waals surface area contributed by atoms with E-state index < -0.39 is 0 Å². The molecule has 0 atom stereocenters. The predicted molar refractivity (Wildman–Crippen MR) is 82.5 cm³/mol. The number of nitrogens with one attached hydrogen (secondary N) is 1. The van der Waals surface area contributed by atoms with Gasteiger partial charge in [0.25, 0.3) is 0 Å². The van der Waals surface area contributed by atoms with Crippen LogP contribution in [0.15, 0.2) is 35.1 Å². The lowest BCUT2D eigenvalue weighted by Gasteiger charge is -2.06. The van der Waals surface area contributed by atoms with Gasteiger partial charge in [-0.1, -0.05) is 30.3 Å². The molecule has 3 rings (SSSR count). The molecular weight excluding hydrogens is 320 g/mol. The number of nitrogen functional groups attached to an aromatic ring is 1. The second-order valence-corrected chi connectivity index (χ2v) is 5.02. The number of anilines is 2. The Balaban J connectivity index is 2.14. The van der Waals surface area contributed by atoms with Gasteiger partial charge in [0.1, 0.15) is 0 Å². The van der Waals surface area contributed by atoms with E-state index in [-0.39, 0.29) is 0 Å². The van der Waals surface area contributed by atoms with Crippen molar-refractivity contribution in [2.24, 2.45) is 0 Å². The Hall–Kier alpha value is -2.15. The molecule has 102 valence electrons. The summed E-state index contributed by atoms with van der Waals surface area (Å²) in [5, 5.41) is 2.90. The third kappa shape index (κ3) is 2.20. The summed E-state index contributed by atoms with van der Waals surface area (Å²) in [5.74, 6) is 0.851. The maximum atomic E-state index is 5.92. The first-order valence-corrected chi connectivity index (χ1v) is 6.89. The van der Waals surface area contributed by atoms with E-state index in [4.69, 9.17) is 5.73 Å². The van der Waals surface area contributed by atoms with Gasteiger partial charge in [0.05, 0.1) is 6.54 Å². The number of fused-ring (bicyclic) bond motifs is 1. The van der Waals surface area contributed by atoms with Crippen molar-refractivity contribution >= 4 is 38.9 Å². The number of hydrogen-bond donors (Lipinski definition) is 2. The standard InChI is InChI=1S/C13H13BrN6/c1-16-13-18-10(15)9-11(19-13)20(12(14)17-9)7-8-5-3-2-4-6-8/h2-6H,7H2,1H3,(H3,15,16,18,19). The number of benzene rings is 1. The SMILES string of the molecule is CNc1nc(N)c2nc(Br)n(Cc3ccccc3)c2n1. The van der Waals surface area contributed by atoms with E-state index in [1.54, 1.807) is 7.05 Å². The molecule has 0 aliphatic carbocycles. The smallest absolute Gasteiger partial charge is 0.226 e. The minimum absolute atomic E-state index is 0.367. The Labute approximate surface area is 124 Å². The first kappa shape index (κ1) is 12.9. The molecule has 0 amide bonds. The van der Waals surface area contributed by atoms with Crippen LogP contribution in [0.2, 0.25) is 0 Å². The second-order valence-electron chi connectivity index (χ2n) is 4.31. The molecule has 0 saturated heterocycles. The van der Waals surface area contributed by atoms with Crippen molar-refractivity contribution in [3.05, 3.63) is 40.6 Å². The first-order valence-electron chi connectivity index (χ1n) is 6.10. The summed E-state index contributed by atoms with van der Waals surface area (Å²) in [6, 6.07) is 10.1. The van der Waals surface area contributed by atoms with Gasteiger partial charge in [-0.15, -0.1) is 0 Å². The number of rotatable bonds is 3. The van der Waals surface area contributed by atoms with Gasteiger partial charge < -0.3 is 11.1 Å². The Morgan fingerprint density at radius 2 is 1.95 bits per heavy atom. The highest BCUT2D eigenvalue weighted by Gasteiger charge is 2.15. The Morgan fingerprint density at radius 3 is 2.65 bits per heavy atom. The van der Waals surface area contributed by atoms with Crippen molar-refractivity contribution in [3.8, 4) is 0 Å². The van der Waals surface area contributed by atoms with Gasteiger partial charge in [-0.3, -0.25) is 4.57 Å². The zero-order chi connectivity index (χ0) is 14.1. The molecule has 6 nitrogen and oxygen atoms in total. The second kappa shape index (κ2) is 5.09. The van der Waals surface area contributed by atoms with Gasteiger partial charge in [0.15, 0.2) is 21.7 Å². The van der Waals surface area contributed by atoms with E-state index in [0.717, 1.165) is 5.56 Å². The molecule has 0 aliphatic rings. The van der Waals surface area contributed by atoms with Gasteiger partial charge in [-0.2, -0.15) is 9.97 Å². The number of nitrogens with zero attached hydrogens (tertiary/aromatic N) is 4. The molecule has 7 heteroatoms. The number of imidazole rings is 1. The van der Waals surface area contributed by atoms with E-state index in [9.17, 15) is 0 Å². The monoisotopic (exact) mass is 332 g/mol. The predicted octanol–water partition coefficient (Wildman–Crippen LogP) is 2.26. The van der Waals surface area contributed by atoms with Crippen LogP contribution < -0.4 is 11.1 Å². The molecular formula is C13H13BrN6. The summed E-state index contributed by atoms with van der Waals surface area (Å²) >= 11 is 3.46. The molecule has 20 heavy (non-hydrogen) atoms. The minimum Gasteiger partial charge on any atom is -0.382 e.